The van der Waals surface area contributed by atoms with Gasteiger partial charge < -0.3 is 38.3 Å². The van der Waals surface area contributed by atoms with E-state index in [1.54, 1.807) is 27.7 Å². The summed E-state index contributed by atoms with van der Waals surface area (Å²) in [5.41, 5.74) is -2.49. The van der Waals surface area contributed by atoms with Crippen LogP contribution in [0.5, 0.6) is 0 Å². The topological polar surface area (TPSA) is 153 Å². The molecule has 8 saturated carbocycles. The highest BCUT2D eigenvalue weighted by molar-refractivity contribution is 5.84. The minimum Gasteiger partial charge on any atom is -0.459 e. The Balaban J connectivity index is 0.000000137. The van der Waals surface area contributed by atoms with E-state index >= 15 is 0 Å². The summed E-state index contributed by atoms with van der Waals surface area (Å²) in [5, 5.41) is 10.6. The molecule has 60 heavy (non-hydrogen) atoms. The van der Waals surface area contributed by atoms with Gasteiger partial charge in [-0.15, -0.1) is 0 Å². The smallest absolute Gasteiger partial charge is 0.350 e. The average Bonchev–Trinajstić information content (AvgIpc) is 3.74. The maximum Gasteiger partial charge on any atom is 0.350 e. The first kappa shape index (κ1) is 45.7. The lowest BCUT2D eigenvalue weighted by atomic mass is 9.50. The van der Waals surface area contributed by atoms with E-state index in [9.17, 15) is 24.3 Å². The molecule has 0 aromatic rings. The van der Waals surface area contributed by atoms with E-state index < -0.39 is 64.9 Å². The molecule has 7 unspecified atom stereocenters. The Morgan fingerprint density at radius 1 is 0.650 bits per heavy atom. The number of esters is 4. The van der Waals surface area contributed by atoms with Crippen molar-refractivity contribution < 1.29 is 57.4 Å². The molecule has 1 N–H and O–H groups in total. The van der Waals surface area contributed by atoms with Gasteiger partial charge in [-0.25, -0.2) is 4.79 Å². The molecule has 3 heterocycles. The predicted molar refractivity (Wildman–Crippen MR) is 221 cm³/mol. The predicted octanol–water partition coefficient (Wildman–Crippen LogP) is 8.37. The maximum atomic E-state index is 12.5. The van der Waals surface area contributed by atoms with E-state index in [1.165, 1.54) is 38.5 Å². The van der Waals surface area contributed by atoms with Crippen molar-refractivity contribution >= 4 is 23.9 Å². The van der Waals surface area contributed by atoms with Crippen molar-refractivity contribution in [2.24, 2.45) is 51.8 Å². The molecule has 0 aromatic carbocycles. The highest BCUT2D eigenvalue weighted by Gasteiger charge is 2.65. The second-order valence-corrected chi connectivity index (χ2v) is 23.1. The van der Waals surface area contributed by atoms with Crippen LogP contribution in [0.4, 0.5) is 0 Å². The third kappa shape index (κ3) is 8.67. The molecule has 12 heteroatoms. The number of carbonyl (C=O) groups excluding carboxylic acids is 4. The molecule has 0 spiro atoms. The Morgan fingerprint density at radius 2 is 1.13 bits per heavy atom. The maximum absolute atomic E-state index is 12.5. The second-order valence-electron chi connectivity index (χ2n) is 23.1. The van der Waals surface area contributed by atoms with Crippen molar-refractivity contribution in [2.75, 3.05) is 0 Å². The van der Waals surface area contributed by atoms with Crippen LogP contribution in [0, 0.1) is 51.8 Å². The molecule has 8 aliphatic carbocycles. The Bertz CT molecular complexity index is 1620. The normalized spacial score (nSPS) is 42.5. The molecule has 11 aliphatic rings. The van der Waals surface area contributed by atoms with Crippen LogP contribution < -0.4 is 0 Å². The molecule has 0 amide bonds. The van der Waals surface area contributed by atoms with Gasteiger partial charge in [0.15, 0.2) is 24.3 Å². The van der Waals surface area contributed by atoms with Crippen LogP contribution in [0.1, 0.15) is 173 Å². The largest absolute Gasteiger partial charge is 0.459 e. The monoisotopic (exact) mass is 845 g/mol. The van der Waals surface area contributed by atoms with Crippen molar-refractivity contribution in [3.05, 3.63) is 0 Å². The summed E-state index contributed by atoms with van der Waals surface area (Å²) in [6.07, 6.45) is 11.1. The van der Waals surface area contributed by atoms with E-state index in [1.807, 2.05) is 41.5 Å². The Kier molecular flexibility index (Phi) is 12.0. The molecule has 0 aromatic heterocycles. The van der Waals surface area contributed by atoms with Gasteiger partial charge in [-0.05, 0) is 181 Å². The average molecular weight is 845 g/mol. The van der Waals surface area contributed by atoms with Gasteiger partial charge in [0.05, 0.1) is 21.8 Å². The summed E-state index contributed by atoms with van der Waals surface area (Å²) in [4.78, 5) is 49.1. The third-order valence-electron chi connectivity index (χ3n) is 16.7. The molecule has 340 valence electrons. The highest BCUT2D eigenvalue weighted by Crippen LogP contribution is 2.61. The fourth-order valence-electron chi connectivity index (χ4n) is 12.3. The van der Waals surface area contributed by atoms with E-state index in [2.05, 4.69) is 13.8 Å². The van der Waals surface area contributed by atoms with E-state index in [4.69, 9.17) is 33.2 Å². The molecule has 3 aliphatic heterocycles. The quantitative estimate of drug-likeness (QED) is 0.175. The molecule has 7 atom stereocenters. The van der Waals surface area contributed by atoms with Crippen molar-refractivity contribution in [3.63, 3.8) is 0 Å². The van der Waals surface area contributed by atoms with Crippen LogP contribution in [0.2, 0.25) is 0 Å². The van der Waals surface area contributed by atoms with Crippen LogP contribution in [0.3, 0.4) is 0 Å². The zero-order chi connectivity index (χ0) is 44.0. The minimum atomic E-state index is -1.07. The first-order valence-electron chi connectivity index (χ1n) is 23.4. The van der Waals surface area contributed by atoms with E-state index in [0.29, 0.717) is 36.5 Å². The van der Waals surface area contributed by atoms with Crippen LogP contribution in [-0.2, 0) is 52.3 Å². The van der Waals surface area contributed by atoms with Crippen molar-refractivity contribution in [2.45, 2.75) is 226 Å². The van der Waals surface area contributed by atoms with Gasteiger partial charge in [0.2, 0.25) is 6.10 Å². The first-order chi connectivity index (χ1) is 27.8. The summed E-state index contributed by atoms with van der Waals surface area (Å²) in [6, 6.07) is 0. The van der Waals surface area contributed by atoms with Crippen LogP contribution in [0.25, 0.3) is 0 Å². The summed E-state index contributed by atoms with van der Waals surface area (Å²) in [7, 11) is 0. The van der Waals surface area contributed by atoms with Gasteiger partial charge in [0.25, 0.3) is 0 Å². The van der Waals surface area contributed by atoms with Gasteiger partial charge in [-0.2, -0.15) is 0 Å². The fraction of sp³-hybridized carbons (Fsp3) is 0.917. The van der Waals surface area contributed by atoms with E-state index in [-0.39, 0.29) is 28.6 Å². The Morgan fingerprint density at radius 3 is 1.63 bits per heavy atom. The minimum absolute atomic E-state index is 0.0185. The van der Waals surface area contributed by atoms with Gasteiger partial charge in [-0.3, -0.25) is 14.4 Å². The fourth-order valence-corrected chi connectivity index (χ4v) is 12.3. The molecular formula is C48H76O12. The molecule has 8 bridgehead atoms. The number of aliphatic hydroxyl groups is 1. The highest BCUT2D eigenvalue weighted by atomic mass is 16.9. The lowest BCUT2D eigenvalue weighted by Crippen LogP contribution is -2.61. The summed E-state index contributed by atoms with van der Waals surface area (Å²) < 4.78 is 39.8. The molecule has 11 rings (SSSR count). The molecule has 0 radical (unpaired) electrons. The standard InChI is InChI=1S/C17H28O2.C16H26O3.C15H22O7/c1-5-16(2,3)15(18)19-17(4)13-7-11-6-12(9-13)10-14(17)8-11;1-4-14(2,3)13(17)19-16-8-11-5-12(9-16)7-15(18,6-11)10-16;1-6-14(2,3)13(17)20-9-7-8(18-11(9)16)10-12(19-7)22-15(4,5)21-10/h11-14H,5-10H2,1-4H3;11-12,18H,4-10H2,1-3H3;7-10,12H,6H2,1-5H3. The van der Waals surface area contributed by atoms with Gasteiger partial charge in [0, 0.05) is 6.42 Å². The zero-order valence-electron chi connectivity index (χ0n) is 38.7. The third-order valence-corrected chi connectivity index (χ3v) is 16.7. The number of carbonyl (C=O) groups is 4. The van der Waals surface area contributed by atoms with Gasteiger partial charge >= 0.3 is 23.9 Å². The number of hydrogen-bond donors (Lipinski definition) is 1. The Labute approximate surface area is 358 Å². The lowest BCUT2D eigenvalue weighted by molar-refractivity contribution is -0.225. The second kappa shape index (κ2) is 15.8. The molecule has 3 saturated heterocycles. The zero-order valence-corrected chi connectivity index (χ0v) is 38.7. The van der Waals surface area contributed by atoms with Crippen molar-refractivity contribution in [3.8, 4) is 0 Å². The number of fused-ring (bicyclic) bond motifs is 3. The van der Waals surface area contributed by atoms with Crippen molar-refractivity contribution in [1.82, 2.24) is 0 Å². The number of ether oxygens (including phenoxy) is 7. The van der Waals surface area contributed by atoms with Crippen LogP contribution >= 0.6 is 0 Å². The van der Waals surface area contributed by atoms with E-state index in [0.717, 1.165) is 50.4 Å². The van der Waals surface area contributed by atoms with Gasteiger partial charge in [0.1, 0.15) is 17.3 Å². The molecular weight excluding hydrogens is 769 g/mol. The molecule has 11 fully saturated rings. The SMILES string of the molecule is CCC(C)(C)C(=O)OC1(C)C2CC3CC(C2)CC1C3.CCC(C)(C)C(=O)OC12CC3CC(CC(O)(C3)C1)C2.CCC(C)(C)C(=O)OC1C(=O)OC2C3OC(C)(C)OC3OC12. The van der Waals surface area contributed by atoms with Gasteiger partial charge in [-0.1, -0.05) is 20.8 Å². The number of hydrogen-bond acceptors (Lipinski definition) is 12. The summed E-state index contributed by atoms with van der Waals surface area (Å²) in [6.45, 7) is 23.2. The summed E-state index contributed by atoms with van der Waals surface area (Å²) >= 11 is 0. The lowest BCUT2D eigenvalue weighted by Gasteiger charge is -2.59. The van der Waals surface area contributed by atoms with Crippen LogP contribution in [0.15, 0.2) is 0 Å². The van der Waals surface area contributed by atoms with Crippen LogP contribution in [-0.4, -0.2) is 82.3 Å². The number of rotatable bonds is 9. The van der Waals surface area contributed by atoms with Crippen molar-refractivity contribution in [1.29, 1.82) is 0 Å². The Hall–Kier alpha value is -2.28. The molecule has 12 nitrogen and oxygen atoms in total. The summed E-state index contributed by atoms with van der Waals surface area (Å²) in [5.74, 6) is 2.33. The first-order valence-corrected chi connectivity index (χ1v) is 23.4.